The summed E-state index contributed by atoms with van der Waals surface area (Å²) in [4.78, 5) is 12.3. The molecule has 0 radical (unpaired) electrons. The molecule has 0 heterocycles. The second-order valence-corrected chi connectivity index (χ2v) is 6.69. The lowest BCUT2D eigenvalue weighted by molar-refractivity contribution is -0.143. The van der Waals surface area contributed by atoms with Crippen molar-refractivity contribution in [1.82, 2.24) is 0 Å². The topological polar surface area (TPSA) is 69.7 Å². The van der Waals surface area contributed by atoms with E-state index in [2.05, 4.69) is 4.18 Å². The van der Waals surface area contributed by atoms with Crippen LogP contribution in [0.4, 0.5) is 13.2 Å². The second kappa shape index (κ2) is 7.77. The van der Waals surface area contributed by atoms with Crippen molar-refractivity contribution in [2.24, 2.45) is 0 Å². The molecule has 0 amide bonds. The molecule has 2 rings (SSSR count). The first-order valence-corrected chi connectivity index (χ1v) is 8.89. The van der Waals surface area contributed by atoms with Crippen molar-refractivity contribution in [2.75, 3.05) is 6.61 Å². The van der Waals surface area contributed by atoms with Crippen molar-refractivity contribution in [3.8, 4) is 5.75 Å². The lowest BCUT2D eigenvalue weighted by Crippen LogP contribution is -2.28. The van der Waals surface area contributed by atoms with Crippen LogP contribution >= 0.6 is 0 Å². The van der Waals surface area contributed by atoms with Crippen LogP contribution < -0.4 is 4.18 Å². The lowest BCUT2D eigenvalue weighted by atomic mass is 9.91. The molecule has 0 aliphatic carbocycles. The third-order valence-electron chi connectivity index (χ3n) is 3.34. The maximum absolute atomic E-state index is 12.5. The Morgan fingerprint density at radius 2 is 1.65 bits per heavy atom. The van der Waals surface area contributed by atoms with Gasteiger partial charge in [0, 0.05) is 0 Å². The molecule has 2 aromatic carbocycles. The van der Waals surface area contributed by atoms with Gasteiger partial charge in [-0.1, -0.05) is 42.5 Å². The van der Waals surface area contributed by atoms with E-state index in [1.807, 2.05) is 0 Å². The van der Waals surface area contributed by atoms with Crippen LogP contribution in [0.5, 0.6) is 5.75 Å². The second-order valence-electron chi connectivity index (χ2n) is 5.15. The Kier molecular flexibility index (Phi) is 5.91. The minimum atomic E-state index is -5.80. The molecule has 0 bridgehead atoms. The molecule has 0 aliphatic rings. The van der Waals surface area contributed by atoms with Gasteiger partial charge >= 0.3 is 21.6 Å². The van der Waals surface area contributed by atoms with Crippen LogP contribution in [0.2, 0.25) is 0 Å². The van der Waals surface area contributed by atoms with E-state index in [1.165, 1.54) is 12.1 Å². The molecule has 0 N–H and O–H groups in total. The molecule has 0 fully saturated rings. The maximum Gasteiger partial charge on any atom is 0.534 e. The number of carbonyl (C=O) groups is 1. The van der Waals surface area contributed by atoms with E-state index in [9.17, 15) is 26.4 Å². The number of benzene rings is 2. The van der Waals surface area contributed by atoms with E-state index in [0.29, 0.717) is 5.56 Å². The first-order valence-electron chi connectivity index (χ1n) is 7.48. The number of halogens is 3. The molecule has 0 saturated heterocycles. The average Bonchev–Trinajstić information content (AvgIpc) is 2.55. The van der Waals surface area contributed by atoms with Crippen molar-refractivity contribution in [3.05, 3.63) is 65.7 Å². The van der Waals surface area contributed by atoms with Crippen LogP contribution in [0.1, 0.15) is 24.0 Å². The Hall–Kier alpha value is -2.55. The fraction of sp³-hybridized carbons (Fsp3) is 0.235. The van der Waals surface area contributed by atoms with Crippen LogP contribution in [-0.2, 0) is 19.6 Å². The highest BCUT2D eigenvalue weighted by Gasteiger charge is 2.48. The Balaban J connectivity index is 2.43. The highest BCUT2D eigenvalue weighted by atomic mass is 32.2. The Morgan fingerprint density at radius 3 is 2.23 bits per heavy atom. The van der Waals surface area contributed by atoms with E-state index < -0.39 is 33.3 Å². The first kappa shape index (κ1) is 19.8. The number of rotatable bonds is 6. The summed E-state index contributed by atoms with van der Waals surface area (Å²) < 4.78 is 69.0. The summed E-state index contributed by atoms with van der Waals surface area (Å²) in [5, 5.41) is 0. The third kappa shape index (κ3) is 4.54. The van der Waals surface area contributed by atoms with E-state index in [1.54, 1.807) is 37.3 Å². The monoisotopic (exact) mass is 388 g/mol. The van der Waals surface area contributed by atoms with Crippen molar-refractivity contribution in [3.63, 3.8) is 0 Å². The van der Waals surface area contributed by atoms with Crippen LogP contribution in [0.25, 0.3) is 0 Å². The molecule has 0 spiro atoms. The number of hydrogen-bond acceptors (Lipinski definition) is 5. The van der Waals surface area contributed by atoms with Gasteiger partial charge in [0.1, 0.15) is 11.7 Å². The average molecular weight is 388 g/mol. The summed E-state index contributed by atoms with van der Waals surface area (Å²) >= 11 is 0. The van der Waals surface area contributed by atoms with Crippen molar-refractivity contribution >= 4 is 16.1 Å². The van der Waals surface area contributed by atoms with Crippen molar-refractivity contribution in [2.45, 2.75) is 18.3 Å². The molecule has 0 saturated carbocycles. The van der Waals surface area contributed by atoms with Gasteiger partial charge in [0.05, 0.1) is 6.61 Å². The van der Waals surface area contributed by atoms with Crippen molar-refractivity contribution < 1.29 is 35.3 Å². The number of alkyl halides is 3. The minimum Gasteiger partial charge on any atom is -0.465 e. The van der Waals surface area contributed by atoms with Gasteiger partial charge < -0.3 is 8.92 Å². The zero-order valence-electron chi connectivity index (χ0n) is 13.6. The number of esters is 1. The largest absolute Gasteiger partial charge is 0.534 e. The highest BCUT2D eigenvalue weighted by Crippen LogP contribution is 2.31. The predicted molar refractivity (Wildman–Crippen MR) is 87.0 cm³/mol. The normalized spacial score (nSPS) is 13.1. The predicted octanol–water partition coefficient (Wildman–Crippen LogP) is 3.61. The summed E-state index contributed by atoms with van der Waals surface area (Å²) in [5.74, 6) is -2.10. The van der Waals surface area contributed by atoms with E-state index >= 15 is 0 Å². The number of carbonyl (C=O) groups excluding carboxylic acids is 1. The molecule has 9 heteroatoms. The van der Waals surface area contributed by atoms with Gasteiger partial charge in [0.2, 0.25) is 0 Å². The van der Waals surface area contributed by atoms with Gasteiger partial charge in [0.15, 0.2) is 0 Å². The van der Waals surface area contributed by atoms with Crippen LogP contribution in [-0.4, -0.2) is 26.5 Å². The third-order valence-corrected chi connectivity index (χ3v) is 4.31. The fourth-order valence-corrected chi connectivity index (χ4v) is 2.71. The zero-order valence-corrected chi connectivity index (χ0v) is 14.4. The molecular weight excluding hydrogens is 373 g/mol. The maximum atomic E-state index is 12.5. The lowest BCUT2D eigenvalue weighted by Gasteiger charge is -2.17. The molecule has 2 aromatic rings. The Morgan fingerprint density at radius 1 is 1.04 bits per heavy atom. The molecular formula is C17H15F3O5S. The minimum absolute atomic E-state index is 0.112. The summed E-state index contributed by atoms with van der Waals surface area (Å²) in [7, 11) is -5.80. The molecule has 1 unspecified atom stereocenters. The van der Waals surface area contributed by atoms with E-state index in [-0.39, 0.29) is 12.2 Å². The standard InChI is InChI=1S/C17H15F3O5S/c1-2-24-16(21)15(12-7-4-3-5-8-12)13-9-6-10-14(11-13)25-26(22,23)17(18,19)20/h3-11,15H,2H2,1H3. The first-order chi connectivity index (χ1) is 12.2. The van der Waals surface area contributed by atoms with Crippen molar-refractivity contribution in [1.29, 1.82) is 0 Å². The fourth-order valence-electron chi connectivity index (χ4n) is 2.26. The van der Waals surface area contributed by atoms with Crippen LogP contribution in [0, 0.1) is 0 Å². The van der Waals surface area contributed by atoms with Gasteiger partial charge in [0.25, 0.3) is 0 Å². The summed E-state index contributed by atoms with van der Waals surface area (Å²) in [5.41, 5.74) is -4.77. The van der Waals surface area contributed by atoms with Gasteiger partial charge in [-0.2, -0.15) is 21.6 Å². The quantitative estimate of drug-likeness (QED) is 0.430. The van der Waals surface area contributed by atoms with Crippen LogP contribution in [0.3, 0.4) is 0 Å². The van der Waals surface area contributed by atoms with Gasteiger partial charge in [-0.05, 0) is 30.2 Å². The molecule has 1 atom stereocenters. The van der Waals surface area contributed by atoms with Gasteiger partial charge in [-0.25, -0.2) is 0 Å². The number of ether oxygens (including phenoxy) is 1. The molecule has 26 heavy (non-hydrogen) atoms. The summed E-state index contributed by atoms with van der Waals surface area (Å²) in [6, 6.07) is 13.3. The van der Waals surface area contributed by atoms with E-state index in [0.717, 1.165) is 12.1 Å². The van der Waals surface area contributed by atoms with E-state index in [4.69, 9.17) is 4.74 Å². The molecule has 0 aromatic heterocycles. The van der Waals surface area contributed by atoms with Gasteiger partial charge in [-0.15, -0.1) is 0 Å². The molecule has 140 valence electrons. The Bertz CT molecular complexity index is 863. The molecule has 0 aliphatic heterocycles. The van der Waals surface area contributed by atoms with Crippen LogP contribution in [0.15, 0.2) is 54.6 Å². The molecule has 5 nitrogen and oxygen atoms in total. The van der Waals surface area contributed by atoms with Gasteiger partial charge in [-0.3, -0.25) is 4.79 Å². The SMILES string of the molecule is CCOC(=O)C(c1ccccc1)c1cccc(OS(=O)(=O)C(F)(F)F)c1. The smallest absolute Gasteiger partial charge is 0.465 e. The summed E-state index contributed by atoms with van der Waals surface area (Å²) in [6.45, 7) is 1.73. The zero-order chi connectivity index (χ0) is 19.4. The summed E-state index contributed by atoms with van der Waals surface area (Å²) in [6.07, 6.45) is 0. The highest BCUT2D eigenvalue weighted by molar-refractivity contribution is 7.88. The Labute approximate surface area is 148 Å². The number of hydrogen-bond donors (Lipinski definition) is 0.